The van der Waals surface area contributed by atoms with Crippen molar-refractivity contribution in [2.75, 3.05) is 0 Å². The maximum Gasteiger partial charge on any atom is 0.218 e. The zero-order valence-corrected chi connectivity index (χ0v) is 6.22. The minimum absolute atomic E-state index is 0.726. The van der Waals surface area contributed by atoms with Crippen LogP contribution in [0.1, 0.15) is 20.3 Å². The van der Waals surface area contributed by atoms with Crippen LogP contribution in [0.3, 0.4) is 0 Å². The molecular formula is C7H12Cl+. The molecule has 0 saturated heterocycles. The molecule has 0 amide bonds. The predicted molar refractivity (Wildman–Crippen MR) is 34.6 cm³/mol. The lowest BCUT2D eigenvalue weighted by Crippen LogP contribution is -1.71. The molecule has 0 N–H and O–H groups in total. The molecule has 0 spiro atoms. The second-order valence-electron chi connectivity index (χ2n) is 1.81. The molecule has 0 rings (SSSR count). The van der Waals surface area contributed by atoms with E-state index < -0.39 is 0 Å². The topological polar surface area (TPSA) is 0 Å². The van der Waals surface area contributed by atoms with Crippen LogP contribution in [0.2, 0.25) is 0 Å². The minimum Gasteiger partial charge on any atom is -0.0679 e. The van der Waals surface area contributed by atoms with E-state index in [-0.39, 0.29) is 0 Å². The molecular weight excluding hydrogens is 120 g/mol. The first-order valence-corrected chi connectivity index (χ1v) is 3.10. The normalized spacial score (nSPS) is 11.6. The summed E-state index contributed by atoms with van der Waals surface area (Å²) in [5.41, 5.74) is 1.30. The number of halogens is 1. The van der Waals surface area contributed by atoms with Crippen molar-refractivity contribution in [3.8, 4) is 0 Å². The maximum absolute atomic E-state index is 4.75. The van der Waals surface area contributed by atoms with Gasteiger partial charge in [0.25, 0.3) is 0 Å². The van der Waals surface area contributed by atoms with Crippen LogP contribution in [-0.4, -0.2) is 0 Å². The summed E-state index contributed by atoms with van der Waals surface area (Å²) < 4.78 is 0. The van der Waals surface area contributed by atoms with Gasteiger partial charge in [0.05, 0.1) is 0 Å². The first kappa shape index (κ1) is 7.77. The number of allylic oxidation sites excluding steroid dienone is 3. The van der Waals surface area contributed by atoms with Crippen LogP contribution in [0, 0.1) is 11.6 Å². The quantitative estimate of drug-likeness (QED) is 0.504. The molecule has 0 nitrogen and oxygen atoms in total. The van der Waals surface area contributed by atoms with Gasteiger partial charge in [0.2, 0.25) is 5.03 Å². The van der Waals surface area contributed by atoms with E-state index in [1.165, 1.54) is 5.57 Å². The molecule has 0 saturated carbocycles. The summed E-state index contributed by atoms with van der Waals surface area (Å²) in [4.78, 5) is 0. The molecule has 0 aliphatic carbocycles. The van der Waals surface area contributed by atoms with Gasteiger partial charge < -0.3 is 0 Å². The van der Waals surface area contributed by atoms with E-state index in [0.29, 0.717) is 0 Å². The van der Waals surface area contributed by atoms with Crippen LogP contribution >= 0.6 is 0 Å². The highest BCUT2D eigenvalue weighted by atomic mass is 35.5. The number of hydrogen-bond acceptors (Lipinski definition) is 0. The smallest absolute Gasteiger partial charge is 0.0679 e. The molecule has 46 valence electrons. The largest absolute Gasteiger partial charge is 0.218 e. The van der Waals surface area contributed by atoms with E-state index in [0.717, 1.165) is 11.5 Å². The Hall–Kier alpha value is -0.230. The van der Waals surface area contributed by atoms with Crippen molar-refractivity contribution in [1.29, 1.82) is 0 Å². The summed E-state index contributed by atoms with van der Waals surface area (Å²) in [7, 11) is 0. The van der Waals surface area contributed by atoms with Crippen LogP contribution in [0.25, 0.3) is 0 Å². The summed E-state index contributed by atoms with van der Waals surface area (Å²) >= 11 is 4.75. The fourth-order valence-corrected chi connectivity index (χ4v) is 0.578. The highest BCUT2D eigenvalue weighted by Gasteiger charge is 1.89. The van der Waals surface area contributed by atoms with Crippen molar-refractivity contribution in [3.63, 3.8) is 0 Å². The minimum atomic E-state index is 0.726. The van der Waals surface area contributed by atoms with Crippen LogP contribution in [0.5, 0.6) is 0 Å². The van der Waals surface area contributed by atoms with E-state index in [2.05, 4.69) is 20.4 Å². The van der Waals surface area contributed by atoms with Crippen molar-refractivity contribution in [2.24, 2.45) is 0 Å². The van der Waals surface area contributed by atoms with E-state index in [4.69, 9.17) is 11.6 Å². The Labute approximate surface area is 55.9 Å². The SMILES string of the molecule is C=C([ClH+])/C=C(\C)CC. The van der Waals surface area contributed by atoms with Crippen molar-refractivity contribution >= 4 is 0 Å². The van der Waals surface area contributed by atoms with E-state index in [9.17, 15) is 0 Å². The molecule has 0 aromatic rings. The number of hydrogen-bond donors (Lipinski definition) is 0. The Morgan fingerprint density at radius 3 is 2.38 bits per heavy atom. The molecule has 0 aliphatic rings. The molecule has 1 heteroatoms. The fraction of sp³-hybridized carbons (Fsp3) is 0.429. The Morgan fingerprint density at radius 1 is 1.75 bits per heavy atom. The zero-order valence-electron chi connectivity index (χ0n) is 5.40. The second kappa shape index (κ2) is 3.73. The van der Waals surface area contributed by atoms with Crippen LogP contribution < -0.4 is 0 Å². The summed E-state index contributed by atoms with van der Waals surface area (Å²) in [5, 5.41) is 0.726. The van der Waals surface area contributed by atoms with E-state index >= 15 is 0 Å². The van der Waals surface area contributed by atoms with Gasteiger partial charge in [0.15, 0.2) is 11.6 Å². The van der Waals surface area contributed by atoms with Gasteiger partial charge in [0, 0.05) is 6.08 Å². The van der Waals surface area contributed by atoms with Gasteiger partial charge in [0.1, 0.15) is 0 Å². The summed E-state index contributed by atoms with van der Waals surface area (Å²) in [6, 6.07) is 0. The van der Waals surface area contributed by atoms with Gasteiger partial charge in [-0.15, -0.1) is 0 Å². The van der Waals surface area contributed by atoms with Crippen molar-refractivity contribution in [3.05, 3.63) is 23.3 Å². The van der Waals surface area contributed by atoms with Crippen molar-refractivity contribution in [1.82, 2.24) is 0 Å². The molecule has 0 unspecified atom stereocenters. The second-order valence-corrected chi connectivity index (χ2v) is 2.33. The van der Waals surface area contributed by atoms with Crippen LogP contribution in [0.4, 0.5) is 0 Å². The van der Waals surface area contributed by atoms with Crippen molar-refractivity contribution in [2.45, 2.75) is 20.3 Å². The molecule has 8 heavy (non-hydrogen) atoms. The molecule has 0 heterocycles. The van der Waals surface area contributed by atoms with Crippen molar-refractivity contribution < 1.29 is 11.6 Å². The van der Waals surface area contributed by atoms with Gasteiger partial charge in [-0.3, -0.25) is 0 Å². The maximum atomic E-state index is 4.75. The highest BCUT2D eigenvalue weighted by Crippen LogP contribution is 2.00. The highest BCUT2D eigenvalue weighted by molar-refractivity contribution is 5.11. The van der Waals surface area contributed by atoms with Gasteiger partial charge in [-0.2, -0.15) is 0 Å². The van der Waals surface area contributed by atoms with Crippen LogP contribution in [-0.2, 0) is 0 Å². The molecule has 0 bridgehead atoms. The Bertz CT molecular complexity index is 112. The average Bonchev–Trinajstić information content (AvgIpc) is 1.65. The monoisotopic (exact) mass is 131 g/mol. The first-order valence-electron chi connectivity index (χ1n) is 2.70. The Morgan fingerprint density at radius 2 is 2.25 bits per heavy atom. The van der Waals surface area contributed by atoms with E-state index in [1.807, 2.05) is 6.08 Å². The third-order valence-electron chi connectivity index (χ3n) is 0.965. The molecule has 0 aromatic carbocycles. The predicted octanol–water partition coefficient (Wildman–Crippen LogP) is 2.14. The van der Waals surface area contributed by atoms with E-state index in [1.54, 1.807) is 0 Å². The molecule has 0 radical (unpaired) electrons. The Kier molecular flexibility index (Phi) is 3.63. The summed E-state index contributed by atoms with van der Waals surface area (Å²) in [5.74, 6) is 0. The van der Waals surface area contributed by atoms with Crippen LogP contribution in [0.15, 0.2) is 23.3 Å². The van der Waals surface area contributed by atoms with Gasteiger partial charge in [-0.1, -0.05) is 12.5 Å². The fourth-order valence-electron chi connectivity index (χ4n) is 0.377. The standard InChI is InChI=1S/C7H12Cl/c1-4-6(2)5-7(3)8/h5,8H,3-4H2,1-2H3/q+1/b6-5+. The first-order chi connectivity index (χ1) is 3.66. The third kappa shape index (κ3) is 3.94. The summed E-state index contributed by atoms with van der Waals surface area (Å²) in [6.07, 6.45) is 2.99. The van der Waals surface area contributed by atoms with Gasteiger partial charge in [-0.05, 0) is 19.9 Å². The molecule has 0 aliphatic heterocycles. The van der Waals surface area contributed by atoms with Gasteiger partial charge in [-0.25, -0.2) is 0 Å². The summed E-state index contributed by atoms with van der Waals surface area (Å²) in [6.45, 7) is 7.74. The molecule has 0 atom stereocenters. The lowest BCUT2D eigenvalue weighted by atomic mass is 10.2. The molecule has 0 aromatic heterocycles. The average molecular weight is 132 g/mol. The van der Waals surface area contributed by atoms with Gasteiger partial charge >= 0.3 is 0 Å². The third-order valence-corrected chi connectivity index (χ3v) is 1.08. The number of rotatable bonds is 2. The molecule has 0 fully saturated rings. The zero-order chi connectivity index (χ0) is 6.57. The lowest BCUT2D eigenvalue weighted by Gasteiger charge is -1.86. The Balaban J connectivity index is 3.75. The lowest BCUT2D eigenvalue weighted by molar-refractivity contribution is -0.294.